The molecule has 1 rings (SSSR count). The highest BCUT2D eigenvalue weighted by atomic mass is 16.6. The van der Waals surface area contributed by atoms with E-state index in [-0.39, 0.29) is 0 Å². The summed E-state index contributed by atoms with van der Waals surface area (Å²) in [6, 6.07) is 8.00. The molecule has 0 aliphatic heterocycles. The fourth-order valence-corrected chi connectivity index (χ4v) is 1.01. The topological polar surface area (TPSA) is 43.1 Å². The number of nitrogens with zero attached hydrogens (tertiary/aromatic N) is 1. The molecule has 0 aliphatic rings. The summed E-state index contributed by atoms with van der Waals surface area (Å²) in [5.41, 5.74) is 2.26. The highest BCUT2D eigenvalue weighted by Gasteiger charge is 1.84. The lowest BCUT2D eigenvalue weighted by Crippen LogP contribution is -1.80. The number of allylic oxidation sites excluding steroid dienone is 2. The van der Waals surface area contributed by atoms with E-state index in [1.54, 1.807) is 6.08 Å². The number of aryl methyl sites for hydroxylation is 1. The second-order valence-electron chi connectivity index (χ2n) is 3.13. The summed E-state index contributed by atoms with van der Waals surface area (Å²) in [5, 5.41) is 9.92. The molecular formula is C13H11NO2. The van der Waals surface area contributed by atoms with E-state index in [9.17, 15) is 10.1 Å². The fourth-order valence-electron chi connectivity index (χ4n) is 1.01. The van der Waals surface area contributed by atoms with E-state index in [1.807, 2.05) is 37.3 Å². The molecule has 1 aromatic carbocycles. The number of nitro groups is 1. The van der Waals surface area contributed by atoms with Gasteiger partial charge in [0.15, 0.2) is 0 Å². The Balaban J connectivity index is 2.54. The molecule has 1 aromatic rings. The van der Waals surface area contributed by atoms with Gasteiger partial charge in [0.05, 0.1) is 11.0 Å². The monoisotopic (exact) mass is 213 g/mol. The highest BCUT2D eigenvalue weighted by Crippen LogP contribution is 2.04. The summed E-state index contributed by atoms with van der Waals surface area (Å²) in [6.45, 7) is 2.02. The van der Waals surface area contributed by atoms with Gasteiger partial charge in [-0.15, -0.1) is 0 Å². The van der Waals surface area contributed by atoms with Gasteiger partial charge in [0, 0.05) is 0 Å². The maximum atomic E-state index is 9.92. The van der Waals surface area contributed by atoms with Gasteiger partial charge in [-0.3, -0.25) is 10.1 Å². The molecule has 0 fully saturated rings. The van der Waals surface area contributed by atoms with Gasteiger partial charge >= 0.3 is 0 Å². The summed E-state index contributed by atoms with van der Waals surface area (Å²) in [4.78, 5) is 9.38. The van der Waals surface area contributed by atoms with Gasteiger partial charge in [0.25, 0.3) is 0 Å². The Labute approximate surface area is 94.3 Å². The van der Waals surface area contributed by atoms with Gasteiger partial charge in [-0.2, -0.15) is 0 Å². The van der Waals surface area contributed by atoms with Crippen LogP contribution in [0.25, 0.3) is 6.08 Å². The lowest BCUT2D eigenvalue weighted by atomic mass is 10.1. The van der Waals surface area contributed by atoms with Gasteiger partial charge in [0.1, 0.15) is 0 Å². The molecule has 3 heteroatoms. The highest BCUT2D eigenvalue weighted by molar-refractivity contribution is 5.53. The average molecular weight is 213 g/mol. The Kier molecular flexibility index (Phi) is 4.55. The van der Waals surface area contributed by atoms with Crippen LogP contribution in [0, 0.1) is 28.9 Å². The van der Waals surface area contributed by atoms with Crippen molar-refractivity contribution in [1.82, 2.24) is 0 Å². The van der Waals surface area contributed by atoms with Crippen molar-refractivity contribution in [3.63, 3.8) is 0 Å². The zero-order chi connectivity index (χ0) is 11.8. The first-order chi connectivity index (χ1) is 7.68. The van der Waals surface area contributed by atoms with E-state index >= 15 is 0 Å². The average Bonchev–Trinajstić information content (AvgIpc) is 2.25. The third-order valence-electron chi connectivity index (χ3n) is 1.80. The molecule has 0 saturated heterocycles. The molecular weight excluding hydrogens is 202 g/mol. The van der Waals surface area contributed by atoms with Crippen LogP contribution >= 0.6 is 0 Å². The summed E-state index contributed by atoms with van der Waals surface area (Å²) < 4.78 is 0. The van der Waals surface area contributed by atoms with Crippen molar-refractivity contribution in [1.29, 1.82) is 0 Å². The summed E-state index contributed by atoms with van der Waals surface area (Å²) in [6.07, 6.45) is 5.54. The first kappa shape index (κ1) is 11.7. The SMILES string of the molecule is Cc1ccc(/C=C/C#C/C=C/[N+](=O)[O-])cc1. The molecule has 0 unspecified atom stereocenters. The molecule has 0 saturated carbocycles. The van der Waals surface area contributed by atoms with Gasteiger partial charge < -0.3 is 0 Å². The van der Waals surface area contributed by atoms with Crippen LogP contribution in [0.3, 0.4) is 0 Å². The predicted molar refractivity (Wildman–Crippen MR) is 64.1 cm³/mol. The van der Waals surface area contributed by atoms with E-state index in [0.29, 0.717) is 0 Å². The van der Waals surface area contributed by atoms with Crippen molar-refractivity contribution in [3.05, 3.63) is 63.9 Å². The maximum Gasteiger partial charge on any atom is 0.242 e. The van der Waals surface area contributed by atoms with Gasteiger partial charge in [-0.05, 0) is 24.6 Å². The van der Waals surface area contributed by atoms with Crippen LogP contribution in [0.5, 0.6) is 0 Å². The van der Waals surface area contributed by atoms with Gasteiger partial charge in [-0.1, -0.05) is 41.7 Å². The number of benzene rings is 1. The molecule has 16 heavy (non-hydrogen) atoms. The van der Waals surface area contributed by atoms with Crippen LogP contribution in [0.15, 0.2) is 42.6 Å². The smallest absolute Gasteiger partial charge is 0.242 e. The predicted octanol–water partition coefficient (Wildman–Crippen LogP) is 2.80. The minimum atomic E-state index is -0.543. The molecule has 0 amide bonds. The number of hydrogen-bond acceptors (Lipinski definition) is 2. The minimum absolute atomic E-state index is 0.543. The summed E-state index contributed by atoms with van der Waals surface area (Å²) >= 11 is 0. The first-order valence-corrected chi connectivity index (χ1v) is 4.73. The van der Waals surface area contributed by atoms with Crippen molar-refractivity contribution in [2.75, 3.05) is 0 Å². The third kappa shape index (κ3) is 4.77. The molecule has 3 nitrogen and oxygen atoms in total. The van der Waals surface area contributed by atoms with Crippen LogP contribution < -0.4 is 0 Å². The lowest BCUT2D eigenvalue weighted by molar-refractivity contribution is -0.402. The second kappa shape index (κ2) is 6.20. The number of hydrogen-bond donors (Lipinski definition) is 0. The molecule has 80 valence electrons. The van der Waals surface area contributed by atoms with Crippen molar-refractivity contribution >= 4 is 6.08 Å². The zero-order valence-corrected chi connectivity index (χ0v) is 8.88. The second-order valence-corrected chi connectivity index (χ2v) is 3.13. The van der Waals surface area contributed by atoms with Crippen LogP contribution in [-0.4, -0.2) is 4.92 Å². The maximum absolute atomic E-state index is 9.92. The van der Waals surface area contributed by atoms with Crippen molar-refractivity contribution < 1.29 is 4.92 Å². The molecule has 0 bridgehead atoms. The van der Waals surface area contributed by atoms with Crippen LogP contribution in [0.2, 0.25) is 0 Å². The third-order valence-corrected chi connectivity index (χ3v) is 1.80. The lowest BCUT2D eigenvalue weighted by Gasteiger charge is -1.92. The normalized spacial score (nSPS) is 10.3. The molecule has 0 aromatic heterocycles. The Morgan fingerprint density at radius 3 is 2.44 bits per heavy atom. The van der Waals surface area contributed by atoms with Crippen molar-refractivity contribution in [2.45, 2.75) is 6.92 Å². The van der Waals surface area contributed by atoms with Crippen LogP contribution in [0.1, 0.15) is 11.1 Å². The molecule has 0 heterocycles. The van der Waals surface area contributed by atoms with Crippen molar-refractivity contribution in [3.8, 4) is 11.8 Å². The molecule has 0 aliphatic carbocycles. The van der Waals surface area contributed by atoms with E-state index in [1.165, 1.54) is 11.6 Å². The summed E-state index contributed by atoms with van der Waals surface area (Å²) in [7, 11) is 0. The summed E-state index contributed by atoms with van der Waals surface area (Å²) in [5.74, 6) is 5.22. The Bertz CT molecular complexity index is 473. The zero-order valence-electron chi connectivity index (χ0n) is 8.88. The first-order valence-electron chi connectivity index (χ1n) is 4.73. The van der Waals surface area contributed by atoms with Crippen LogP contribution in [0.4, 0.5) is 0 Å². The number of rotatable bonds is 2. The minimum Gasteiger partial charge on any atom is -0.259 e. The Hall–Kier alpha value is -2.34. The quantitative estimate of drug-likeness (QED) is 0.430. The Morgan fingerprint density at radius 1 is 1.19 bits per heavy atom. The van der Waals surface area contributed by atoms with E-state index in [4.69, 9.17) is 0 Å². The molecule has 0 atom stereocenters. The standard InChI is InChI=1S/C13H11NO2/c1-12-7-9-13(10-8-12)6-4-2-3-5-11-14(15)16/h4-11H,1H3/b6-4+,11-5+. The molecule has 0 radical (unpaired) electrons. The van der Waals surface area contributed by atoms with Crippen LogP contribution in [-0.2, 0) is 0 Å². The van der Waals surface area contributed by atoms with Gasteiger partial charge in [0.2, 0.25) is 6.20 Å². The van der Waals surface area contributed by atoms with E-state index in [0.717, 1.165) is 11.8 Å². The largest absolute Gasteiger partial charge is 0.259 e. The molecule has 0 N–H and O–H groups in total. The Morgan fingerprint density at radius 2 is 1.81 bits per heavy atom. The van der Waals surface area contributed by atoms with Gasteiger partial charge in [-0.25, -0.2) is 0 Å². The van der Waals surface area contributed by atoms with Crippen molar-refractivity contribution in [2.24, 2.45) is 0 Å². The van der Waals surface area contributed by atoms with E-state index in [2.05, 4.69) is 11.8 Å². The van der Waals surface area contributed by atoms with E-state index < -0.39 is 4.92 Å². The molecule has 0 spiro atoms. The fraction of sp³-hybridized carbons (Fsp3) is 0.0769.